The monoisotopic (exact) mass is 394 g/mol. The molecule has 2 fully saturated rings. The van der Waals surface area contributed by atoms with Crippen LogP contribution in [0, 0.1) is 5.92 Å². The van der Waals surface area contributed by atoms with Crippen molar-refractivity contribution in [2.75, 3.05) is 18.4 Å². The zero-order valence-electron chi connectivity index (χ0n) is 13.5. The normalized spacial score (nSPS) is 19.4. The van der Waals surface area contributed by atoms with Crippen LogP contribution in [0.4, 0.5) is 10.5 Å². The van der Waals surface area contributed by atoms with E-state index in [0.29, 0.717) is 5.69 Å². The Kier molecular flexibility index (Phi) is 5.73. The second-order valence-electron chi connectivity index (χ2n) is 6.49. The van der Waals surface area contributed by atoms with Crippen molar-refractivity contribution in [3.8, 4) is 0 Å². The Morgan fingerprint density at radius 1 is 1.12 bits per heavy atom. The Hall–Kier alpha value is -1.60. The van der Waals surface area contributed by atoms with Gasteiger partial charge in [-0.25, -0.2) is 4.79 Å². The van der Waals surface area contributed by atoms with Crippen molar-refractivity contribution < 1.29 is 9.59 Å². The molecule has 24 heavy (non-hydrogen) atoms. The smallest absolute Gasteiger partial charge is 0.319 e. The minimum absolute atomic E-state index is 0.0700. The predicted molar refractivity (Wildman–Crippen MR) is 96.8 cm³/mol. The highest BCUT2D eigenvalue weighted by Crippen LogP contribution is 2.28. The van der Waals surface area contributed by atoms with Gasteiger partial charge in [-0.05, 0) is 43.0 Å². The molecule has 1 aromatic rings. The summed E-state index contributed by atoms with van der Waals surface area (Å²) >= 11 is 3.36. The minimum atomic E-state index is -0.469. The van der Waals surface area contributed by atoms with Crippen LogP contribution in [0.2, 0.25) is 0 Å². The minimum Gasteiger partial charge on any atom is -0.349 e. The van der Waals surface area contributed by atoms with E-state index in [-0.39, 0.29) is 23.9 Å². The van der Waals surface area contributed by atoms with E-state index >= 15 is 0 Å². The summed E-state index contributed by atoms with van der Waals surface area (Å²) in [6.07, 6.45) is 4.21. The number of urea groups is 1. The highest BCUT2D eigenvalue weighted by Gasteiger charge is 2.33. The average Bonchev–Trinajstić information content (AvgIpc) is 3.05. The number of hydrogen-bond acceptors (Lipinski definition) is 3. The van der Waals surface area contributed by atoms with Crippen molar-refractivity contribution in [1.29, 1.82) is 0 Å². The van der Waals surface area contributed by atoms with Crippen molar-refractivity contribution >= 4 is 33.6 Å². The van der Waals surface area contributed by atoms with E-state index in [1.54, 1.807) is 0 Å². The lowest BCUT2D eigenvalue weighted by Crippen LogP contribution is -2.61. The third kappa shape index (κ3) is 4.48. The Balaban J connectivity index is 1.60. The first-order valence-corrected chi connectivity index (χ1v) is 9.25. The molecule has 0 radical (unpaired) electrons. The average molecular weight is 395 g/mol. The van der Waals surface area contributed by atoms with Crippen LogP contribution in [-0.4, -0.2) is 37.1 Å². The second kappa shape index (κ2) is 7.98. The maximum absolute atomic E-state index is 12.6. The van der Waals surface area contributed by atoms with E-state index in [4.69, 9.17) is 0 Å². The molecule has 1 atom stereocenters. The Labute approximate surface area is 150 Å². The van der Waals surface area contributed by atoms with Gasteiger partial charge in [0.15, 0.2) is 0 Å². The van der Waals surface area contributed by atoms with Gasteiger partial charge in [-0.3, -0.25) is 4.79 Å². The topological polar surface area (TPSA) is 82.3 Å². The second-order valence-corrected chi connectivity index (χ2v) is 7.41. The molecule has 2 aliphatic rings. The number of halogens is 1. The first kappa shape index (κ1) is 17.2. The standard InChI is InChI=1S/C17H23BrN4O2/c18-12-5-7-13(8-6-12)21-17(24)22-15(11-3-1-2-4-11)16(23)20-14-9-19-10-14/h5-8,11,14-15,19H,1-4,9-10H2,(H,20,23)(H2,21,22,24). The van der Waals surface area contributed by atoms with Crippen molar-refractivity contribution in [1.82, 2.24) is 16.0 Å². The fourth-order valence-corrected chi connectivity index (χ4v) is 3.48. The highest BCUT2D eigenvalue weighted by molar-refractivity contribution is 9.10. The van der Waals surface area contributed by atoms with E-state index in [1.165, 1.54) is 0 Å². The summed E-state index contributed by atoms with van der Waals surface area (Å²) in [5.74, 6) is 0.146. The summed E-state index contributed by atoms with van der Waals surface area (Å²) in [6, 6.07) is 6.72. The Morgan fingerprint density at radius 3 is 2.38 bits per heavy atom. The number of rotatable bonds is 5. The van der Waals surface area contributed by atoms with Gasteiger partial charge < -0.3 is 21.3 Å². The third-order valence-corrected chi connectivity index (χ3v) is 5.20. The van der Waals surface area contributed by atoms with Crippen molar-refractivity contribution in [2.24, 2.45) is 5.92 Å². The van der Waals surface area contributed by atoms with Gasteiger partial charge in [0.25, 0.3) is 0 Å². The van der Waals surface area contributed by atoms with Crippen LogP contribution >= 0.6 is 15.9 Å². The lowest BCUT2D eigenvalue weighted by molar-refractivity contribution is -0.125. The first-order chi connectivity index (χ1) is 11.6. The third-order valence-electron chi connectivity index (χ3n) is 4.67. The van der Waals surface area contributed by atoms with Crippen LogP contribution in [0.1, 0.15) is 25.7 Å². The molecule has 1 saturated carbocycles. The van der Waals surface area contributed by atoms with Crippen LogP contribution in [0.25, 0.3) is 0 Å². The molecule has 1 heterocycles. The molecular weight excluding hydrogens is 372 g/mol. The quantitative estimate of drug-likeness (QED) is 0.617. The molecule has 0 bridgehead atoms. The molecule has 4 N–H and O–H groups in total. The Morgan fingerprint density at radius 2 is 1.79 bits per heavy atom. The summed E-state index contributed by atoms with van der Waals surface area (Å²) in [6.45, 7) is 1.60. The van der Waals surface area contributed by atoms with Crippen molar-refractivity contribution in [3.05, 3.63) is 28.7 Å². The van der Waals surface area contributed by atoms with Gasteiger partial charge >= 0.3 is 6.03 Å². The first-order valence-electron chi connectivity index (χ1n) is 8.46. The number of carbonyl (C=O) groups excluding carboxylic acids is 2. The van der Waals surface area contributed by atoms with Gasteiger partial charge in [0.05, 0.1) is 6.04 Å². The summed E-state index contributed by atoms with van der Waals surface area (Å²) in [4.78, 5) is 24.9. The van der Waals surface area contributed by atoms with Gasteiger partial charge in [-0.2, -0.15) is 0 Å². The van der Waals surface area contributed by atoms with Gasteiger partial charge in [-0.15, -0.1) is 0 Å². The van der Waals surface area contributed by atoms with E-state index in [2.05, 4.69) is 37.2 Å². The number of benzene rings is 1. The van der Waals surface area contributed by atoms with Gasteiger partial charge in [0, 0.05) is 23.2 Å². The predicted octanol–water partition coefficient (Wildman–Crippen LogP) is 2.22. The van der Waals surface area contributed by atoms with Gasteiger partial charge in [0.2, 0.25) is 5.91 Å². The SMILES string of the molecule is O=C(Nc1ccc(Br)cc1)NC(C(=O)NC1CNC1)C1CCCC1. The van der Waals surface area contributed by atoms with E-state index in [0.717, 1.165) is 43.2 Å². The molecule has 1 saturated heterocycles. The molecule has 130 valence electrons. The number of carbonyl (C=O) groups is 2. The van der Waals surface area contributed by atoms with Crippen LogP contribution in [0.3, 0.4) is 0 Å². The van der Waals surface area contributed by atoms with E-state index < -0.39 is 6.04 Å². The van der Waals surface area contributed by atoms with Crippen LogP contribution < -0.4 is 21.3 Å². The fourth-order valence-electron chi connectivity index (χ4n) is 3.21. The van der Waals surface area contributed by atoms with Crippen molar-refractivity contribution in [3.63, 3.8) is 0 Å². The van der Waals surface area contributed by atoms with Gasteiger partial charge in [0.1, 0.15) is 6.04 Å². The lowest BCUT2D eigenvalue weighted by Gasteiger charge is -2.31. The molecule has 1 aromatic carbocycles. The molecule has 0 spiro atoms. The van der Waals surface area contributed by atoms with Crippen molar-refractivity contribution in [2.45, 2.75) is 37.8 Å². The molecule has 0 aromatic heterocycles. The van der Waals surface area contributed by atoms with Gasteiger partial charge in [-0.1, -0.05) is 28.8 Å². The van der Waals surface area contributed by atoms with Crippen LogP contribution in [0.15, 0.2) is 28.7 Å². The highest BCUT2D eigenvalue weighted by atomic mass is 79.9. The Bertz CT molecular complexity index is 583. The van der Waals surface area contributed by atoms with E-state index in [9.17, 15) is 9.59 Å². The van der Waals surface area contributed by atoms with Crippen LogP contribution in [0.5, 0.6) is 0 Å². The molecule has 1 aliphatic heterocycles. The number of amides is 3. The number of anilines is 1. The lowest BCUT2D eigenvalue weighted by atomic mass is 9.96. The molecule has 3 rings (SSSR count). The summed E-state index contributed by atoms with van der Waals surface area (Å²) < 4.78 is 0.950. The summed E-state index contributed by atoms with van der Waals surface area (Å²) in [5.41, 5.74) is 0.699. The maximum Gasteiger partial charge on any atom is 0.319 e. The number of nitrogens with one attached hydrogen (secondary N) is 4. The number of hydrogen-bond donors (Lipinski definition) is 4. The molecular formula is C17H23BrN4O2. The molecule has 3 amide bonds. The summed E-state index contributed by atoms with van der Waals surface area (Å²) in [5, 5.41) is 11.8. The van der Waals surface area contributed by atoms with E-state index in [1.807, 2.05) is 24.3 Å². The van der Waals surface area contributed by atoms with Crippen LogP contribution in [-0.2, 0) is 4.79 Å². The zero-order chi connectivity index (χ0) is 16.9. The summed E-state index contributed by atoms with van der Waals surface area (Å²) in [7, 11) is 0. The zero-order valence-corrected chi connectivity index (χ0v) is 15.1. The molecule has 1 aliphatic carbocycles. The fraction of sp³-hybridized carbons (Fsp3) is 0.529. The maximum atomic E-state index is 12.6. The molecule has 6 nitrogen and oxygen atoms in total. The molecule has 1 unspecified atom stereocenters. The molecule has 7 heteroatoms. The largest absolute Gasteiger partial charge is 0.349 e.